The van der Waals surface area contributed by atoms with Crippen LogP contribution in [-0.4, -0.2) is 54.4 Å². The average Bonchev–Trinajstić information content (AvgIpc) is 3.28. The molecule has 34 heavy (non-hydrogen) atoms. The van der Waals surface area contributed by atoms with Crippen LogP contribution in [0, 0.1) is 0 Å². The molecule has 0 N–H and O–H groups in total. The highest BCUT2D eigenvalue weighted by atomic mass is 16.1. The van der Waals surface area contributed by atoms with Crippen LogP contribution < -0.4 is 10.5 Å². The van der Waals surface area contributed by atoms with Crippen LogP contribution in [0.1, 0.15) is 39.3 Å². The Morgan fingerprint density at radius 2 is 1.82 bits per heavy atom. The van der Waals surface area contributed by atoms with Crippen molar-refractivity contribution in [3.05, 3.63) is 65.4 Å². The van der Waals surface area contributed by atoms with Crippen LogP contribution in [-0.2, 0) is 7.05 Å². The highest BCUT2D eigenvalue weighted by Crippen LogP contribution is 2.33. The maximum Gasteiger partial charge on any atom is 0.252 e. The van der Waals surface area contributed by atoms with Gasteiger partial charge in [0.25, 0.3) is 5.56 Å². The zero-order valence-corrected chi connectivity index (χ0v) is 20.4. The number of hydrogen-bond donors (Lipinski definition) is 0. The molecule has 1 saturated heterocycles. The monoisotopic (exact) mass is 457 g/mol. The summed E-state index contributed by atoms with van der Waals surface area (Å²) < 4.78 is 3.41. The Labute approximate surface area is 199 Å². The summed E-state index contributed by atoms with van der Waals surface area (Å²) in [5.74, 6) is 0. The minimum Gasteiger partial charge on any atom is -0.364 e. The molecule has 0 bridgehead atoms. The molecule has 0 spiro atoms. The van der Waals surface area contributed by atoms with Crippen LogP contribution in [0.2, 0.25) is 0 Å². The van der Waals surface area contributed by atoms with E-state index in [0.717, 1.165) is 46.5 Å². The highest BCUT2D eigenvalue weighted by molar-refractivity contribution is 5.89. The molecule has 8 heteroatoms. The Morgan fingerprint density at radius 1 is 1.09 bits per heavy atom. The molecule has 1 unspecified atom stereocenters. The van der Waals surface area contributed by atoms with Gasteiger partial charge in [-0.15, -0.1) is 0 Å². The molecular formula is C26H31N7O. The van der Waals surface area contributed by atoms with Crippen molar-refractivity contribution in [2.75, 3.05) is 18.0 Å². The number of nitrogens with zero attached hydrogens (tertiary/aromatic N) is 7. The predicted molar refractivity (Wildman–Crippen MR) is 137 cm³/mol. The molecule has 4 heterocycles. The van der Waals surface area contributed by atoms with Crippen LogP contribution in [0.15, 0.2) is 54.2 Å². The molecule has 1 fully saturated rings. The number of rotatable bonds is 4. The van der Waals surface area contributed by atoms with E-state index < -0.39 is 0 Å². The van der Waals surface area contributed by atoms with Gasteiger partial charge in [-0.2, -0.15) is 5.10 Å². The van der Waals surface area contributed by atoms with E-state index in [-0.39, 0.29) is 23.7 Å². The van der Waals surface area contributed by atoms with Crippen LogP contribution >= 0.6 is 0 Å². The molecular weight excluding hydrogens is 426 g/mol. The second kappa shape index (κ2) is 8.36. The third kappa shape index (κ3) is 3.68. The number of fused-ring (bicyclic) bond motifs is 2. The molecule has 8 nitrogen and oxygen atoms in total. The number of anilines is 1. The van der Waals surface area contributed by atoms with Gasteiger partial charge in [0, 0.05) is 62.4 Å². The zero-order valence-electron chi connectivity index (χ0n) is 20.4. The summed E-state index contributed by atoms with van der Waals surface area (Å²) >= 11 is 0. The molecule has 1 aliphatic heterocycles. The van der Waals surface area contributed by atoms with Crippen LogP contribution in [0.4, 0.5) is 5.69 Å². The molecule has 176 valence electrons. The van der Waals surface area contributed by atoms with Crippen molar-refractivity contribution in [3.8, 4) is 0 Å². The fourth-order valence-electron chi connectivity index (χ4n) is 5.07. The molecule has 0 radical (unpaired) electrons. The lowest BCUT2D eigenvalue weighted by Crippen LogP contribution is -2.57. The largest absolute Gasteiger partial charge is 0.364 e. The summed E-state index contributed by atoms with van der Waals surface area (Å²) in [6.07, 6.45) is 5.35. The minimum atomic E-state index is -0.0308. The molecule has 5 rings (SSSR count). The van der Waals surface area contributed by atoms with Crippen molar-refractivity contribution in [1.29, 1.82) is 0 Å². The summed E-state index contributed by atoms with van der Waals surface area (Å²) in [4.78, 5) is 26.5. The van der Waals surface area contributed by atoms with Gasteiger partial charge in [0.15, 0.2) is 0 Å². The van der Waals surface area contributed by atoms with Crippen molar-refractivity contribution in [2.24, 2.45) is 7.05 Å². The van der Waals surface area contributed by atoms with Crippen molar-refractivity contribution in [2.45, 2.75) is 45.8 Å². The quantitative estimate of drug-likeness (QED) is 0.464. The first-order chi connectivity index (χ1) is 16.2. The van der Waals surface area contributed by atoms with Crippen molar-refractivity contribution in [3.63, 3.8) is 0 Å². The first-order valence-electron chi connectivity index (χ1n) is 11.7. The van der Waals surface area contributed by atoms with Gasteiger partial charge in [0.2, 0.25) is 0 Å². The number of hydrogen-bond acceptors (Lipinski definition) is 6. The lowest BCUT2D eigenvalue weighted by Gasteiger charge is -2.47. The Balaban J connectivity index is 1.46. The number of allylic oxidation sites excluding steroid dienone is 1. The van der Waals surface area contributed by atoms with E-state index in [2.05, 4.69) is 59.3 Å². The summed E-state index contributed by atoms with van der Waals surface area (Å²) in [7, 11) is 1.79. The van der Waals surface area contributed by atoms with Crippen LogP contribution in [0.5, 0.6) is 0 Å². The number of pyridine rings is 1. The molecule has 3 aromatic heterocycles. The summed E-state index contributed by atoms with van der Waals surface area (Å²) in [5, 5.41) is 4.77. The maximum atomic E-state index is 12.8. The fraction of sp³-hybridized carbons (Fsp3) is 0.385. The number of piperazine rings is 1. The van der Waals surface area contributed by atoms with Gasteiger partial charge < -0.3 is 9.47 Å². The van der Waals surface area contributed by atoms with Crippen LogP contribution in [0.3, 0.4) is 0 Å². The predicted octanol–water partition coefficient (Wildman–Crippen LogP) is 3.83. The SMILES string of the molecule is C=C(C)n1cc2c(n1)c(N1C[C@@H](C)N(C(C)c3ccc4nccnc4c3)C[C@@H]1C)cc(=O)n2C. The average molecular weight is 458 g/mol. The number of aromatic nitrogens is 5. The lowest BCUT2D eigenvalue weighted by molar-refractivity contribution is 0.119. The zero-order chi connectivity index (χ0) is 24.1. The first-order valence-corrected chi connectivity index (χ1v) is 11.7. The van der Waals surface area contributed by atoms with Gasteiger partial charge in [-0.1, -0.05) is 12.6 Å². The van der Waals surface area contributed by atoms with Crippen molar-refractivity contribution in [1.82, 2.24) is 29.2 Å². The molecule has 3 atom stereocenters. The first kappa shape index (κ1) is 22.3. The van der Waals surface area contributed by atoms with Gasteiger partial charge in [0.1, 0.15) is 5.52 Å². The molecule has 0 amide bonds. The Bertz CT molecular complexity index is 1450. The molecule has 0 aliphatic carbocycles. The smallest absolute Gasteiger partial charge is 0.252 e. The van der Waals surface area contributed by atoms with E-state index in [1.807, 2.05) is 19.2 Å². The summed E-state index contributed by atoms with van der Waals surface area (Å²) in [6.45, 7) is 14.3. The lowest BCUT2D eigenvalue weighted by atomic mass is 10.00. The molecule has 1 aromatic carbocycles. The second-order valence-electron chi connectivity index (χ2n) is 9.50. The highest BCUT2D eigenvalue weighted by Gasteiger charge is 2.34. The van der Waals surface area contributed by atoms with E-state index in [4.69, 9.17) is 5.10 Å². The van der Waals surface area contributed by atoms with E-state index in [9.17, 15) is 4.79 Å². The van der Waals surface area contributed by atoms with Gasteiger partial charge in [0.05, 0.1) is 28.4 Å². The normalized spacial score (nSPS) is 20.2. The second-order valence-corrected chi connectivity index (χ2v) is 9.50. The van der Waals surface area contributed by atoms with E-state index >= 15 is 0 Å². The van der Waals surface area contributed by atoms with E-state index in [1.54, 1.807) is 34.8 Å². The standard InChI is InChI=1S/C26H31N7O/c1-16(2)33-15-24-26(29-33)23(12-25(34)30(24)6)32-14-17(3)31(13-18(32)4)19(5)20-7-8-21-22(11-20)28-10-9-27-21/h7-12,15,17-19H,1,13-14H2,2-6H3/t17-,18+,19?/m1/s1. The number of benzene rings is 1. The third-order valence-corrected chi connectivity index (χ3v) is 7.10. The number of aryl methyl sites for hydroxylation is 1. The molecule has 4 aromatic rings. The summed E-state index contributed by atoms with van der Waals surface area (Å²) in [5.41, 5.74) is 6.39. The Hall–Kier alpha value is -3.52. The maximum absolute atomic E-state index is 12.8. The Kier molecular flexibility index (Phi) is 5.48. The topological polar surface area (TPSA) is 72.1 Å². The third-order valence-electron chi connectivity index (χ3n) is 7.10. The van der Waals surface area contributed by atoms with Crippen LogP contribution in [0.25, 0.3) is 27.8 Å². The minimum absolute atomic E-state index is 0.0308. The van der Waals surface area contributed by atoms with Crippen molar-refractivity contribution < 1.29 is 0 Å². The van der Waals surface area contributed by atoms with Crippen molar-refractivity contribution >= 4 is 33.5 Å². The Morgan fingerprint density at radius 3 is 2.56 bits per heavy atom. The molecule has 1 aliphatic rings. The van der Waals surface area contributed by atoms with Gasteiger partial charge in [-0.25, -0.2) is 4.68 Å². The van der Waals surface area contributed by atoms with E-state index in [0.29, 0.717) is 0 Å². The summed E-state index contributed by atoms with van der Waals surface area (Å²) in [6, 6.07) is 8.80. The van der Waals surface area contributed by atoms with Gasteiger partial charge in [-0.3, -0.25) is 19.7 Å². The van der Waals surface area contributed by atoms with Gasteiger partial charge in [-0.05, 0) is 45.4 Å². The van der Waals surface area contributed by atoms with E-state index in [1.165, 1.54) is 5.56 Å². The molecule has 0 saturated carbocycles. The fourth-order valence-corrected chi connectivity index (χ4v) is 5.07. The van der Waals surface area contributed by atoms with Gasteiger partial charge >= 0.3 is 0 Å².